The predicted molar refractivity (Wildman–Crippen MR) is 434 cm³/mol. The van der Waals surface area contributed by atoms with Crippen molar-refractivity contribution in [1.82, 2.24) is 19.6 Å². The zero-order valence-corrected chi connectivity index (χ0v) is 75.8. The molecule has 37 heteroatoms. The van der Waals surface area contributed by atoms with Crippen molar-refractivity contribution >= 4 is 42.7 Å². The molecule has 0 unspecified atom stereocenters. The zero-order chi connectivity index (χ0) is 87.6. The number of ether oxygens (including phenoxy) is 1. The topological polar surface area (TPSA) is 364 Å². The molecule has 9 N–H and O–H groups in total. The monoisotopic (exact) mass is 1720 g/mol. The van der Waals surface area contributed by atoms with E-state index >= 15 is 0 Å². The third-order valence-electron chi connectivity index (χ3n) is 16.3. The molecule has 1 aliphatic carbocycles. The first-order valence-electron chi connectivity index (χ1n) is 34.6. The van der Waals surface area contributed by atoms with Gasteiger partial charge in [-0.3, -0.25) is 15.3 Å². The molecule has 1 aromatic rings. The summed E-state index contributed by atoms with van der Waals surface area (Å²) in [5.74, 6) is 1.36. The number of hydrogen-bond acceptors (Lipinski definition) is 17. The van der Waals surface area contributed by atoms with E-state index in [1.165, 1.54) is 5.56 Å². The number of nitrogens with one attached hydrogen (secondary N) is 1. The minimum absolute atomic E-state index is 0. The van der Waals surface area contributed by atoms with E-state index in [0.717, 1.165) is 108 Å². The Morgan fingerprint density at radius 3 is 1.13 bits per heavy atom. The second-order valence-electron chi connectivity index (χ2n) is 27.0. The molecule has 0 atom stereocenters. The Bertz CT molecular complexity index is 4890. The Labute approximate surface area is 748 Å². The fourth-order valence-electron chi connectivity index (χ4n) is 11.0. The van der Waals surface area contributed by atoms with Crippen LogP contribution in [0.2, 0.25) is 0 Å². The number of allylic oxidation sites excluding steroid dienone is 25. The van der Waals surface area contributed by atoms with E-state index < -0.39 is 31.1 Å². The average molecular weight is 1720 g/mol. The van der Waals surface area contributed by atoms with Crippen LogP contribution in [0.4, 0.5) is 0 Å². The summed E-state index contributed by atoms with van der Waals surface area (Å²) in [6.07, 6.45) is 21.5. The molecular weight excluding hydrogens is 1630 g/mol. The molecular formula is C80H99Cl2KN19O12S3-. The van der Waals surface area contributed by atoms with Gasteiger partial charge in [-0.1, -0.05) is 35.4 Å². The van der Waals surface area contributed by atoms with Crippen LogP contribution >= 0.6 is 0 Å². The molecule has 0 radical (unpaired) electrons. The standard InChI is InChI=1S/C20H19N2O.C17H24N4O3S.C15H18N4.C12H13N5.C12H13N3O4S.C4H11NO.2ClH.K.O3S/c1-6-11-23-18-9-7-16(8-10-18)19-14(2)12-17(13-15(19)3)20(21-4)22-5;1-14-12-16(17(18-3)19-4)13-15(2)20(14)8-7-9-21(5,6)10-11-25(22,23)24;1-11(16)7-6-8-19-12(2)9-14(10-13(19)3)15(17-4)18-5;1-8-5-10(12(15-3)16-4)6-9(2)17(8)7-11(13)14;1-9-7-11(12(13-3)14-4)8-10(2)15(9)5-6-19-20(16,17)18;1-4(2,5)3-6;;;;1-4(2)3/h7-10,12-13,19H,1,6,11H2,2-3H3;12-13H,7-11H2,1-2,5-6H3;9-10,16H,6-8H2,1-3H3;5-6H,7H2,1-2H3,(H3,13,14);7-8H,5-6H2,1-2H3,(H,16,17,18);6H,3,5H2,1-2H3;2*1H;;/q-1;;;;;;;;+1;/p-1. The van der Waals surface area contributed by atoms with Crippen LogP contribution in [0.5, 0.6) is 5.75 Å². The SMILES string of the molecule is CC(C)([NH3+])CO.O=S(=O)=O.[C-]#[N+]C([N+]#[C-])=C1C=C(C)C(c2ccc(OCC[CH2-])cc2)C(C)=C1.[C-]#[N+]C([N+]#[C-])=C1C=C(C)N(CC(N)=[NH2+])C(C)=C1.[C-]#[N+]C([N+]#[C-])=C1C=C(C)N(CCCC(C)=N)C(C)=C1.[C-]#[N+]C([N+]#[C-])=C1C=C(C)N(CCC[N+](C)(C)CCS(=O)(=O)[O-])C(C)=C1.[C-]#[N+]C([N+]#[C-])=C1C=C(C)N(CCOS(=O)(=O)[O-])C(C)=C1.[Cl-].[Cl-].[K+]. The summed E-state index contributed by atoms with van der Waals surface area (Å²) in [6, 6.07) is 8.08. The maximum atomic E-state index is 10.8. The molecule has 1 aromatic carbocycles. The minimum atomic E-state index is -4.70. The van der Waals surface area contributed by atoms with Gasteiger partial charge < -0.3 is 85.9 Å². The van der Waals surface area contributed by atoms with E-state index in [1.807, 2.05) is 144 Å². The second kappa shape index (κ2) is 56.2. The molecule has 31 nitrogen and oxygen atoms in total. The van der Waals surface area contributed by atoms with Crippen LogP contribution in [0, 0.1) is 78.1 Å². The van der Waals surface area contributed by atoms with Gasteiger partial charge >= 0.3 is 91.1 Å². The second-order valence-corrected chi connectivity index (χ2v) is 30.0. The first kappa shape index (κ1) is 113. The number of halogens is 2. The van der Waals surface area contributed by atoms with Gasteiger partial charge in [-0.15, -0.1) is 19.0 Å². The van der Waals surface area contributed by atoms with Crippen molar-refractivity contribution in [2.24, 2.45) is 5.73 Å². The summed E-state index contributed by atoms with van der Waals surface area (Å²) in [6.45, 7) is 102. The Kier molecular flexibility index (Phi) is 54.4. The van der Waals surface area contributed by atoms with Gasteiger partial charge in [0.2, 0.25) is 10.4 Å². The van der Waals surface area contributed by atoms with Gasteiger partial charge in [0.1, 0.15) is 93.7 Å². The summed E-state index contributed by atoms with van der Waals surface area (Å²) in [5.41, 5.74) is 23.6. The van der Waals surface area contributed by atoms with Crippen LogP contribution in [-0.2, 0) is 35.3 Å². The quantitative estimate of drug-likeness (QED) is 0.0212. The number of nitrogens with zero attached hydrogens (tertiary/aromatic N) is 15. The molecule has 620 valence electrons. The number of quaternary nitrogens is 2. The first-order valence-corrected chi connectivity index (χ1v) is 38.5. The Hall–Kier alpha value is -10.1. The van der Waals surface area contributed by atoms with Crippen LogP contribution in [0.3, 0.4) is 0 Å². The third kappa shape index (κ3) is 43.6. The minimum Gasteiger partial charge on any atom is -1.00 e. The van der Waals surface area contributed by atoms with Crippen molar-refractivity contribution < 1.29 is 144 Å². The zero-order valence-electron chi connectivity index (χ0n) is 68.8. The van der Waals surface area contributed by atoms with Crippen molar-refractivity contribution in [3.8, 4) is 5.75 Å². The summed E-state index contributed by atoms with van der Waals surface area (Å²) in [4.78, 5) is 40.2. The smallest absolute Gasteiger partial charge is 1.00 e. The summed E-state index contributed by atoms with van der Waals surface area (Å²) >= 11 is 0. The van der Waals surface area contributed by atoms with Crippen molar-refractivity contribution in [1.29, 1.82) is 5.41 Å². The fraction of sp³-hybridized carbons (Fsp3) is 0.388. The van der Waals surface area contributed by atoms with Crippen LogP contribution in [0.15, 0.2) is 199 Å². The van der Waals surface area contributed by atoms with Crippen LogP contribution in [-0.4, -0.2) is 164 Å². The van der Waals surface area contributed by atoms with Crippen molar-refractivity contribution in [2.45, 2.75) is 127 Å². The van der Waals surface area contributed by atoms with E-state index in [0.29, 0.717) is 63.6 Å². The van der Waals surface area contributed by atoms with Crippen molar-refractivity contribution in [3.63, 3.8) is 0 Å². The Morgan fingerprint density at radius 2 is 0.863 bits per heavy atom. The first-order chi connectivity index (χ1) is 53.1. The molecule has 0 fully saturated rings. The number of nitrogens with two attached hydrogens (primary N) is 2. The van der Waals surface area contributed by atoms with Gasteiger partial charge in [-0.05, 0) is 169 Å². The van der Waals surface area contributed by atoms with Gasteiger partial charge in [0, 0.05) is 83.3 Å². The largest absolute Gasteiger partial charge is 1.00 e. The number of benzene rings is 1. The molecule has 0 saturated carbocycles. The Balaban J connectivity index is -0.000000660. The van der Waals surface area contributed by atoms with E-state index in [1.54, 1.807) is 43.1 Å². The molecule has 4 heterocycles. The number of amidine groups is 1. The molecule has 4 aliphatic heterocycles. The van der Waals surface area contributed by atoms with Gasteiger partial charge in [0.25, 0.3) is 5.84 Å². The molecule has 0 spiro atoms. The summed E-state index contributed by atoms with van der Waals surface area (Å²) in [5, 5.41) is 21.3. The van der Waals surface area contributed by atoms with Crippen LogP contribution < -0.4 is 97.8 Å². The molecule has 0 bridgehead atoms. The number of aliphatic hydroxyl groups is 1. The molecule has 0 saturated heterocycles. The third-order valence-corrected chi connectivity index (χ3v) is 17.4. The number of rotatable bonds is 22. The van der Waals surface area contributed by atoms with Gasteiger partial charge in [0.05, 0.1) is 80.6 Å². The summed E-state index contributed by atoms with van der Waals surface area (Å²) < 4.78 is 98.9. The normalized spacial score (nSPS) is 14.3. The molecule has 0 amide bonds. The maximum absolute atomic E-state index is 10.8. The average Bonchev–Trinajstić information content (AvgIpc) is 0.889. The molecule has 0 aromatic heterocycles. The number of aliphatic hydroxyl groups excluding tert-OH is 1. The van der Waals surface area contributed by atoms with E-state index in [-0.39, 0.29) is 142 Å². The molecule has 6 rings (SSSR count). The molecule has 117 heavy (non-hydrogen) atoms. The van der Waals surface area contributed by atoms with Crippen LogP contribution in [0.25, 0.3) is 48.5 Å². The van der Waals surface area contributed by atoms with Gasteiger partial charge in [-0.25, -0.2) is 16.8 Å². The summed E-state index contributed by atoms with van der Waals surface area (Å²) in [7, 11) is -8.18. The molecule has 5 aliphatic rings. The Morgan fingerprint density at radius 1 is 0.573 bits per heavy atom. The predicted octanol–water partition coefficient (Wildman–Crippen LogP) is 2.40. The van der Waals surface area contributed by atoms with E-state index in [4.69, 9.17) is 105 Å². The van der Waals surface area contributed by atoms with Crippen molar-refractivity contribution in [3.05, 3.63) is 325 Å². The van der Waals surface area contributed by atoms with Crippen molar-refractivity contribution in [2.75, 3.05) is 78.9 Å². The van der Waals surface area contributed by atoms with Crippen LogP contribution in [0.1, 0.15) is 127 Å². The van der Waals surface area contributed by atoms with Gasteiger partial charge in [0.15, 0.2) is 0 Å². The fourth-order valence-corrected chi connectivity index (χ4v) is 12.0. The van der Waals surface area contributed by atoms with E-state index in [2.05, 4.69) is 87.2 Å². The van der Waals surface area contributed by atoms with E-state index in [9.17, 15) is 25.9 Å². The van der Waals surface area contributed by atoms with Gasteiger partial charge in [-0.2, -0.15) is 48.5 Å². The number of hydrogen-bond donors (Lipinski definition) is 5. The maximum Gasteiger partial charge on any atom is 1.00 e.